The van der Waals surface area contributed by atoms with Gasteiger partial charge < -0.3 is 4.42 Å². The van der Waals surface area contributed by atoms with E-state index in [1.165, 1.54) is 36.0 Å². The van der Waals surface area contributed by atoms with Gasteiger partial charge in [-0.3, -0.25) is 19.7 Å². The molecule has 31 heavy (non-hydrogen) atoms. The molecule has 1 aliphatic heterocycles. The van der Waals surface area contributed by atoms with E-state index >= 15 is 0 Å². The van der Waals surface area contributed by atoms with Crippen molar-refractivity contribution in [3.63, 3.8) is 0 Å². The van der Waals surface area contributed by atoms with Gasteiger partial charge in [0, 0.05) is 12.1 Å². The zero-order valence-electron chi connectivity index (χ0n) is 16.8. The van der Waals surface area contributed by atoms with Crippen LogP contribution in [0.2, 0.25) is 0 Å². The van der Waals surface area contributed by atoms with Crippen molar-refractivity contribution in [2.45, 2.75) is 19.6 Å². The van der Waals surface area contributed by atoms with Crippen LogP contribution < -0.4 is 4.90 Å². The number of imide groups is 1. The lowest BCUT2D eigenvalue weighted by molar-refractivity contribution is -0.384. The minimum atomic E-state index is -0.506. The van der Waals surface area contributed by atoms with E-state index < -0.39 is 16.7 Å². The van der Waals surface area contributed by atoms with Crippen LogP contribution in [0.15, 0.2) is 70.2 Å². The minimum Gasteiger partial charge on any atom is -0.468 e. The molecule has 2 aromatic carbocycles. The highest BCUT2D eigenvalue weighted by Crippen LogP contribution is 2.40. The lowest BCUT2D eigenvalue weighted by Crippen LogP contribution is -2.31. The molecule has 0 N–H and O–H groups in total. The summed E-state index contributed by atoms with van der Waals surface area (Å²) in [6.45, 7) is 3.87. The first-order chi connectivity index (χ1) is 14.9. The highest BCUT2D eigenvalue weighted by molar-refractivity contribution is 8.03. The van der Waals surface area contributed by atoms with E-state index in [9.17, 15) is 19.7 Å². The van der Waals surface area contributed by atoms with Crippen LogP contribution in [0.1, 0.15) is 22.5 Å². The number of non-ortho nitro benzene ring substituents is 1. The smallest absolute Gasteiger partial charge is 0.272 e. The molecule has 156 valence electrons. The molecule has 0 unspecified atom stereocenters. The number of furan rings is 1. The lowest BCUT2D eigenvalue weighted by atomic mass is 10.1. The molecule has 0 bridgehead atoms. The van der Waals surface area contributed by atoms with Gasteiger partial charge >= 0.3 is 0 Å². The van der Waals surface area contributed by atoms with Gasteiger partial charge in [0.15, 0.2) is 0 Å². The second-order valence-electron chi connectivity index (χ2n) is 7.09. The van der Waals surface area contributed by atoms with Gasteiger partial charge in [0.05, 0.1) is 33.1 Å². The Bertz CT molecular complexity index is 1210. The zero-order chi connectivity index (χ0) is 22.1. The Labute approximate surface area is 182 Å². The zero-order valence-corrected chi connectivity index (χ0v) is 17.6. The van der Waals surface area contributed by atoms with Crippen LogP contribution in [-0.4, -0.2) is 16.7 Å². The maximum absolute atomic E-state index is 13.4. The molecular formula is C23H18N2O5S. The van der Waals surface area contributed by atoms with E-state index in [1.807, 2.05) is 19.9 Å². The quantitative estimate of drug-likeness (QED) is 0.307. The van der Waals surface area contributed by atoms with Crippen molar-refractivity contribution in [3.8, 4) is 0 Å². The van der Waals surface area contributed by atoms with E-state index in [0.717, 1.165) is 16.0 Å². The first kappa shape index (κ1) is 20.6. The van der Waals surface area contributed by atoms with Gasteiger partial charge in [0.1, 0.15) is 5.76 Å². The van der Waals surface area contributed by atoms with Crippen LogP contribution >= 0.6 is 11.8 Å². The predicted octanol–water partition coefficient (Wildman–Crippen LogP) is 5.02. The van der Waals surface area contributed by atoms with Crippen molar-refractivity contribution in [3.05, 3.63) is 98.3 Å². The fourth-order valence-electron chi connectivity index (χ4n) is 3.29. The fourth-order valence-corrected chi connectivity index (χ4v) is 4.30. The summed E-state index contributed by atoms with van der Waals surface area (Å²) >= 11 is 1.21. The molecule has 8 heteroatoms. The van der Waals surface area contributed by atoms with Gasteiger partial charge in [0.25, 0.3) is 17.5 Å². The number of nitro groups is 1. The van der Waals surface area contributed by atoms with Gasteiger partial charge in [-0.2, -0.15) is 0 Å². The largest absolute Gasteiger partial charge is 0.468 e. The molecule has 0 atom stereocenters. The number of anilines is 1. The molecule has 1 aromatic heterocycles. The Hall–Kier alpha value is -3.65. The molecule has 0 saturated carbocycles. The molecule has 7 nitrogen and oxygen atoms in total. The molecule has 4 rings (SSSR count). The molecule has 2 heterocycles. The van der Waals surface area contributed by atoms with Crippen LogP contribution in [-0.2, 0) is 15.3 Å². The number of nitro benzene ring substituents is 1. The number of rotatable bonds is 6. The second kappa shape index (κ2) is 8.23. The number of carbonyl (C=O) groups excluding carboxylic acids is 2. The third-order valence-corrected chi connectivity index (χ3v) is 6.19. The maximum Gasteiger partial charge on any atom is 0.272 e. The van der Waals surface area contributed by atoms with E-state index in [0.29, 0.717) is 22.8 Å². The average molecular weight is 434 g/mol. The standard InChI is InChI=1S/C23H18N2O5S/c1-14-5-8-18(12-15(14)2)24-22(26)20(16-6-9-17(10-7-16)25(28)29)21(23(24)27)31-13-19-4-3-11-30-19/h3-12H,13H2,1-2H3. The van der Waals surface area contributed by atoms with Crippen molar-refractivity contribution in [2.75, 3.05) is 4.90 Å². The number of hydrogen-bond acceptors (Lipinski definition) is 6. The second-order valence-corrected chi connectivity index (χ2v) is 8.08. The van der Waals surface area contributed by atoms with Crippen molar-refractivity contribution in [1.82, 2.24) is 0 Å². The Morgan fingerprint density at radius 2 is 1.74 bits per heavy atom. The molecular weight excluding hydrogens is 416 g/mol. The number of aryl methyl sites for hydroxylation is 2. The normalized spacial score (nSPS) is 13.9. The topological polar surface area (TPSA) is 93.7 Å². The van der Waals surface area contributed by atoms with Gasteiger partial charge in [-0.25, -0.2) is 4.90 Å². The molecule has 0 spiro atoms. The molecule has 1 aliphatic rings. The highest BCUT2D eigenvalue weighted by Gasteiger charge is 2.40. The predicted molar refractivity (Wildman–Crippen MR) is 118 cm³/mol. The number of nitrogens with zero attached hydrogens (tertiary/aromatic N) is 2. The number of benzene rings is 2. The van der Waals surface area contributed by atoms with Crippen LogP contribution in [0, 0.1) is 24.0 Å². The van der Waals surface area contributed by atoms with Crippen molar-refractivity contribution in [2.24, 2.45) is 0 Å². The number of thioether (sulfide) groups is 1. The fraction of sp³-hybridized carbons (Fsp3) is 0.130. The number of amides is 2. The summed E-state index contributed by atoms with van der Waals surface area (Å²) in [5.41, 5.74) is 3.11. The summed E-state index contributed by atoms with van der Waals surface area (Å²) in [6.07, 6.45) is 1.55. The van der Waals surface area contributed by atoms with Crippen LogP contribution in [0.4, 0.5) is 11.4 Å². The maximum atomic E-state index is 13.4. The highest BCUT2D eigenvalue weighted by atomic mass is 32.2. The Morgan fingerprint density at radius 1 is 1.00 bits per heavy atom. The average Bonchev–Trinajstić information content (AvgIpc) is 3.35. The number of hydrogen-bond donors (Lipinski definition) is 0. The van der Waals surface area contributed by atoms with Gasteiger partial charge in [0.2, 0.25) is 0 Å². The summed E-state index contributed by atoms with van der Waals surface area (Å²) in [6, 6.07) is 14.6. The molecule has 3 aromatic rings. The Kier molecular flexibility index (Phi) is 5.48. The van der Waals surface area contributed by atoms with Crippen molar-refractivity contribution >= 4 is 40.5 Å². The molecule has 0 aliphatic carbocycles. The van der Waals surface area contributed by atoms with Gasteiger partial charge in [-0.1, -0.05) is 6.07 Å². The van der Waals surface area contributed by atoms with Gasteiger partial charge in [-0.05, 0) is 66.9 Å². The van der Waals surface area contributed by atoms with Crippen LogP contribution in [0.25, 0.3) is 5.57 Å². The molecule has 0 fully saturated rings. The minimum absolute atomic E-state index is 0.0862. The monoisotopic (exact) mass is 434 g/mol. The van der Waals surface area contributed by atoms with E-state index in [1.54, 1.807) is 30.5 Å². The Morgan fingerprint density at radius 3 is 2.35 bits per heavy atom. The first-order valence-corrected chi connectivity index (χ1v) is 10.5. The van der Waals surface area contributed by atoms with Crippen LogP contribution in [0.5, 0.6) is 0 Å². The third-order valence-electron chi connectivity index (χ3n) is 5.10. The van der Waals surface area contributed by atoms with Crippen molar-refractivity contribution < 1.29 is 18.9 Å². The molecule has 0 saturated heterocycles. The van der Waals surface area contributed by atoms with E-state index in [2.05, 4.69) is 0 Å². The van der Waals surface area contributed by atoms with E-state index in [4.69, 9.17) is 4.42 Å². The summed E-state index contributed by atoms with van der Waals surface area (Å²) in [7, 11) is 0. The summed E-state index contributed by atoms with van der Waals surface area (Å²) in [5, 5.41) is 11.0. The van der Waals surface area contributed by atoms with Crippen molar-refractivity contribution in [1.29, 1.82) is 0 Å². The summed E-state index contributed by atoms with van der Waals surface area (Å²) in [4.78, 5) is 38.6. The van der Waals surface area contributed by atoms with Gasteiger partial charge in [-0.15, -0.1) is 11.8 Å². The van der Waals surface area contributed by atoms with E-state index in [-0.39, 0.29) is 16.2 Å². The Balaban J connectivity index is 1.76. The van der Waals surface area contributed by atoms with Crippen LogP contribution in [0.3, 0.4) is 0 Å². The molecule has 0 radical (unpaired) electrons. The lowest BCUT2D eigenvalue weighted by Gasteiger charge is -2.16. The summed E-state index contributed by atoms with van der Waals surface area (Å²) < 4.78 is 5.35. The third kappa shape index (κ3) is 3.89. The first-order valence-electron chi connectivity index (χ1n) is 9.47. The number of carbonyl (C=O) groups is 2. The molecule has 2 amide bonds. The SMILES string of the molecule is Cc1ccc(N2C(=O)C(SCc3ccco3)=C(c3ccc([N+](=O)[O-])cc3)C2=O)cc1C. The summed E-state index contributed by atoms with van der Waals surface area (Å²) in [5.74, 6) is 0.172.